The maximum atomic E-state index is 12.5. The van der Waals surface area contributed by atoms with Crippen molar-refractivity contribution in [1.29, 1.82) is 0 Å². The molecule has 2 N–H and O–H groups in total. The number of anilines is 2. The summed E-state index contributed by atoms with van der Waals surface area (Å²) >= 11 is 5.27. The van der Waals surface area contributed by atoms with Crippen LogP contribution in [-0.2, 0) is 0 Å². The van der Waals surface area contributed by atoms with Gasteiger partial charge in [-0.1, -0.05) is 6.07 Å². The maximum absolute atomic E-state index is 12.5. The molecule has 1 aliphatic heterocycles. The molecule has 3 rings (SSSR count). The van der Waals surface area contributed by atoms with Crippen LogP contribution in [0.15, 0.2) is 36.5 Å². The first-order chi connectivity index (χ1) is 14.2. The van der Waals surface area contributed by atoms with E-state index in [4.69, 9.17) is 17.0 Å². The summed E-state index contributed by atoms with van der Waals surface area (Å²) in [5.74, 6) is 1.19. The van der Waals surface area contributed by atoms with Crippen molar-refractivity contribution in [2.45, 2.75) is 33.2 Å². The summed E-state index contributed by atoms with van der Waals surface area (Å²) in [6.45, 7) is 10.6. The number of nitrogens with zero attached hydrogens (tertiary/aromatic N) is 4. The van der Waals surface area contributed by atoms with E-state index < -0.39 is 6.09 Å². The van der Waals surface area contributed by atoms with Gasteiger partial charge in [0.15, 0.2) is 5.11 Å². The van der Waals surface area contributed by atoms with E-state index in [1.165, 1.54) is 0 Å². The highest BCUT2D eigenvalue weighted by Crippen LogP contribution is 2.16. The molecule has 0 spiro atoms. The largest absolute Gasteiger partial charge is 0.416 e. The Morgan fingerprint density at radius 3 is 2.47 bits per heavy atom. The van der Waals surface area contributed by atoms with Crippen LogP contribution < -0.4 is 20.3 Å². The average Bonchev–Trinajstić information content (AvgIpc) is 2.68. The van der Waals surface area contributed by atoms with E-state index in [1.54, 1.807) is 23.2 Å². The summed E-state index contributed by atoms with van der Waals surface area (Å²) in [5, 5.41) is 6.74. The number of piperazine rings is 1. The number of carbonyl (C=O) groups excluding carboxylic acids is 1. The van der Waals surface area contributed by atoms with Crippen molar-refractivity contribution in [1.82, 2.24) is 20.2 Å². The standard InChI is InChI=1S/C21H28N6O2S/c1-15-6-5-7-17(23-15)26-10-12-27(13-11-26)20(28)29-18-9-8-16(14-22-18)24-19(30)25-21(2,3)4/h5-9,14H,10-13H2,1-4H3,(H2,24,25,30). The normalized spacial score (nSPS) is 14.3. The predicted octanol–water partition coefficient (Wildman–Crippen LogP) is 3.19. The van der Waals surface area contributed by atoms with Crippen molar-refractivity contribution in [3.63, 3.8) is 0 Å². The summed E-state index contributed by atoms with van der Waals surface area (Å²) in [7, 11) is 0. The third-order valence-corrected chi connectivity index (χ3v) is 4.61. The molecular formula is C21H28N6O2S. The van der Waals surface area contributed by atoms with E-state index in [1.807, 2.05) is 45.9 Å². The second-order valence-electron chi connectivity index (χ2n) is 8.19. The summed E-state index contributed by atoms with van der Waals surface area (Å²) in [6.07, 6.45) is 1.19. The molecule has 1 fully saturated rings. The van der Waals surface area contributed by atoms with Crippen molar-refractivity contribution in [3.8, 4) is 5.88 Å². The second kappa shape index (κ2) is 9.25. The van der Waals surface area contributed by atoms with Crippen LogP contribution in [0, 0.1) is 6.92 Å². The monoisotopic (exact) mass is 428 g/mol. The van der Waals surface area contributed by atoms with Gasteiger partial charge in [0.2, 0.25) is 5.88 Å². The molecule has 3 heterocycles. The van der Waals surface area contributed by atoms with Gasteiger partial charge in [0.05, 0.1) is 11.9 Å². The number of nitrogens with one attached hydrogen (secondary N) is 2. The summed E-state index contributed by atoms with van der Waals surface area (Å²) in [5.41, 5.74) is 1.57. The number of hydrogen-bond donors (Lipinski definition) is 2. The van der Waals surface area contributed by atoms with Crippen molar-refractivity contribution < 1.29 is 9.53 Å². The highest BCUT2D eigenvalue weighted by molar-refractivity contribution is 7.80. The Kier molecular flexibility index (Phi) is 6.71. The number of amides is 1. The van der Waals surface area contributed by atoms with Crippen molar-refractivity contribution in [2.24, 2.45) is 0 Å². The molecule has 2 aromatic rings. The lowest BCUT2D eigenvalue weighted by Crippen LogP contribution is -2.50. The summed E-state index contributed by atoms with van der Waals surface area (Å²) < 4.78 is 5.42. The molecule has 0 unspecified atom stereocenters. The molecule has 0 aliphatic carbocycles. The predicted molar refractivity (Wildman–Crippen MR) is 122 cm³/mol. The van der Waals surface area contributed by atoms with Crippen LogP contribution in [0.25, 0.3) is 0 Å². The fourth-order valence-corrected chi connectivity index (χ4v) is 3.42. The Morgan fingerprint density at radius 2 is 1.87 bits per heavy atom. The first-order valence-electron chi connectivity index (χ1n) is 9.90. The van der Waals surface area contributed by atoms with Gasteiger partial charge in [-0.05, 0) is 58.1 Å². The van der Waals surface area contributed by atoms with E-state index in [0.717, 1.165) is 17.2 Å². The van der Waals surface area contributed by atoms with Gasteiger partial charge in [0, 0.05) is 43.5 Å². The molecule has 2 aromatic heterocycles. The first kappa shape index (κ1) is 21.8. The third kappa shape index (κ3) is 6.28. The van der Waals surface area contributed by atoms with Crippen LogP contribution in [0.2, 0.25) is 0 Å². The smallest absolute Gasteiger partial charge is 0.391 e. The molecule has 0 saturated carbocycles. The minimum atomic E-state index is -0.398. The molecule has 160 valence electrons. The quantitative estimate of drug-likeness (QED) is 0.722. The molecule has 0 radical (unpaired) electrons. The lowest BCUT2D eigenvalue weighted by Gasteiger charge is -2.34. The fraction of sp³-hybridized carbons (Fsp3) is 0.429. The topological polar surface area (TPSA) is 82.6 Å². The van der Waals surface area contributed by atoms with E-state index in [-0.39, 0.29) is 11.4 Å². The van der Waals surface area contributed by atoms with E-state index in [9.17, 15) is 4.79 Å². The number of aromatic nitrogens is 2. The van der Waals surface area contributed by atoms with Crippen LogP contribution >= 0.6 is 12.2 Å². The van der Waals surface area contributed by atoms with E-state index >= 15 is 0 Å². The number of hydrogen-bond acceptors (Lipinski definition) is 6. The maximum Gasteiger partial charge on any atom is 0.416 e. The Morgan fingerprint density at radius 1 is 1.13 bits per heavy atom. The SMILES string of the molecule is Cc1cccc(N2CCN(C(=O)Oc3ccc(NC(=S)NC(C)(C)C)cn3)CC2)n1. The molecule has 30 heavy (non-hydrogen) atoms. The molecule has 9 heteroatoms. The van der Waals surface area contributed by atoms with Gasteiger partial charge in [-0.25, -0.2) is 14.8 Å². The van der Waals surface area contributed by atoms with Gasteiger partial charge < -0.3 is 25.2 Å². The highest BCUT2D eigenvalue weighted by atomic mass is 32.1. The lowest BCUT2D eigenvalue weighted by molar-refractivity contribution is 0.147. The van der Waals surface area contributed by atoms with Gasteiger partial charge in [0.25, 0.3) is 0 Å². The molecule has 1 saturated heterocycles. The number of thiocarbonyl (C=S) groups is 1. The lowest BCUT2D eigenvalue weighted by atomic mass is 10.1. The number of carbonyl (C=O) groups is 1. The molecule has 8 nitrogen and oxygen atoms in total. The summed E-state index contributed by atoms with van der Waals surface area (Å²) in [4.78, 5) is 25.1. The van der Waals surface area contributed by atoms with Crippen molar-refractivity contribution in [2.75, 3.05) is 36.4 Å². The van der Waals surface area contributed by atoms with Gasteiger partial charge in [-0.3, -0.25) is 0 Å². The Labute approximate surface area is 182 Å². The van der Waals surface area contributed by atoms with Gasteiger partial charge in [-0.2, -0.15) is 0 Å². The molecular weight excluding hydrogens is 400 g/mol. The zero-order chi connectivity index (χ0) is 21.7. The minimum absolute atomic E-state index is 0.133. The number of aryl methyl sites for hydroxylation is 1. The molecule has 1 aliphatic rings. The van der Waals surface area contributed by atoms with Gasteiger partial charge in [-0.15, -0.1) is 0 Å². The van der Waals surface area contributed by atoms with Crippen LogP contribution in [0.5, 0.6) is 5.88 Å². The minimum Gasteiger partial charge on any atom is -0.391 e. The van der Waals surface area contributed by atoms with E-state index in [2.05, 4.69) is 25.5 Å². The third-order valence-electron chi connectivity index (χ3n) is 4.41. The highest BCUT2D eigenvalue weighted by Gasteiger charge is 2.23. The summed E-state index contributed by atoms with van der Waals surface area (Å²) in [6, 6.07) is 9.37. The molecule has 1 amide bonds. The Balaban J connectivity index is 1.49. The zero-order valence-electron chi connectivity index (χ0n) is 17.8. The van der Waals surface area contributed by atoms with Crippen LogP contribution in [0.3, 0.4) is 0 Å². The second-order valence-corrected chi connectivity index (χ2v) is 8.60. The fourth-order valence-electron chi connectivity index (χ4n) is 2.99. The van der Waals surface area contributed by atoms with Gasteiger partial charge >= 0.3 is 6.09 Å². The van der Waals surface area contributed by atoms with E-state index in [0.29, 0.717) is 31.3 Å². The Bertz CT molecular complexity index is 889. The average molecular weight is 429 g/mol. The van der Waals surface area contributed by atoms with Crippen LogP contribution in [-0.4, -0.2) is 57.8 Å². The molecule has 0 aromatic carbocycles. The zero-order valence-corrected chi connectivity index (χ0v) is 18.6. The van der Waals surface area contributed by atoms with Crippen molar-refractivity contribution >= 4 is 34.9 Å². The number of rotatable bonds is 3. The molecule has 0 atom stereocenters. The van der Waals surface area contributed by atoms with Gasteiger partial charge in [0.1, 0.15) is 5.82 Å². The number of pyridine rings is 2. The number of ether oxygens (including phenoxy) is 1. The van der Waals surface area contributed by atoms with Crippen LogP contribution in [0.4, 0.5) is 16.3 Å². The molecule has 0 bridgehead atoms. The Hall–Kier alpha value is -2.94. The van der Waals surface area contributed by atoms with Crippen LogP contribution in [0.1, 0.15) is 26.5 Å². The first-order valence-corrected chi connectivity index (χ1v) is 10.3. The van der Waals surface area contributed by atoms with Crippen molar-refractivity contribution in [3.05, 3.63) is 42.2 Å².